The fraction of sp³-hybridized carbons (Fsp3) is 0.429. The Morgan fingerprint density at radius 1 is 1.33 bits per heavy atom. The molecule has 0 aliphatic rings. The quantitative estimate of drug-likeness (QED) is 0.451. The summed E-state index contributed by atoms with van der Waals surface area (Å²) >= 11 is 0. The van der Waals surface area contributed by atoms with Crippen LogP contribution in [0.1, 0.15) is 20.8 Å². The van der Waals surface area contributed by atoms with Crippen molar-refractivity contribution in [3.63, 3.8) is 0 Å². The molecule has 0 heterocycles. The first kappa shape index (κ1) is 16.9. The van der Waals surface area contributed by atoms with Crippen LogP contribution in [0.15, 0.2) is 23.2 Å². The predicted molar refractivity (Wildman–Crippen MR) is 78.9 cm³/mol. The van der Waals surface area contributed by atoms with Gasteiger partial charge in [0.25, 0.3) is 0 Å². The summed E-state index contributed by atoms with van der Waals surface area (Å²) in [4.78, 5) is 15.5. The third-order valence-corrected chi connectivity index (χ3v) is 2.55. The third-order valence-electron chi connectivity index (χ3n) is 2.55. The van der Waals surface area contributed by atoms with Gasteiger partial charge >= 0.3 is 0 Å². The van der Waals surface area contributed by atoms with Gasteiger partial charge in [0.1, 0.15) is 11.6 Å². The lowest BCUT2D eigenvalue weighted by Crippen LogP contribution is -2.36. The number of anilines is 1. The lowest BCUT2D eigenvalue weighted by atomic mass is 9.96. The number of hydrogen-bond acceptors (Lipinski definition) is 2. The number of nitrogens with one attached hydrogen (secondary N) is 2. The van der Waals surface area contributed by atoms with Crippen molar-refractivity contribution >= 4 is 17.6 Å². The van der Waals surface area contributed by atoms with E-state index >= 15 is 0 Å². The molecule has 0 saturated carbocycles. The molecular formula is C14H20F2N4O. The highest BCUT2D eigenvalue weighted by molar-refractivity contribution is 5.92. The molecule has 1 amide bonds. The number of nitrogens with zero attached hydrogens (tertiary/aromatic N) is 1. The Balaban J connectivity index is 2.47. The Hall–Kier alpha value is -2.18. The summed E-state index contributed by atoms with van der Waals surface area (Å²) in [5.74, 6) is -1.36. The van der Waals surface area contributed by atoms with E-state index in [0.717, 1.165) is 18.2 Å². The second-order valence-electron chi connectivity index (χ2n) is 5.52. The summed E-state index contributed by atoms with van der Waals surface area (Å²) in [6.07, 6.45) is 0. The standard InChI is InChI=1S/C14H20F2N4O/c1-14(2,3)12(21)18-6-7-19-13(17)20-11-8-9(15)4-5-10(11)16/h4-5,8H,6-7H2,1-3H3,(H,18,21)(H3,17,19,20). The topological polar surface area (TPSA) is 79.5 Å². The molecule has 7 heteroatoms. The summed E-state index contributed by atoms with van der Waals surface area (Å²) in [5.41, 5.74) is 5.00. The largest absolute Gasteiger partial charge is 0.370 e. The van der Waals surface area contributed by atoms with E-state index in [1.807, 2.05) is 0 Å². The highest BCUT2D eigenvalue weighted by atomic mass is 19.1. The van der Waals surface area contributed by atoms with E-state index in [9.17, 15) is 13.6 Å². The van der Waals surface area contributed by atoms with Crippen LogP contribution >= 0.6 is 0 Å². The van der Waals surface area contributed by atoms with Gasteiger partial charge in [0.2, 0.25) is 5.91 Å². The van der Waals surface area contributed by atoms with Crippen LogP contribution in [0, 0.1) is 17.0 Å². The maximum Gasteiger partial charge on any atom is 0.225 e. The Kier molecular flexibility index (Phi) is 5.63. The van der Waals surface area contributed by atoms with Crippen molar-refractivity contribution in [2.45, 2.75) is 20.8 Å². The average molecular weight is 298 g/mol. The van der Waals surface area contributed by atoms with E-state index in [2.05, 4.69) is 15.6 Å². The zero-order chi connectivity index (χ0) is 16.0. The van der Waals surface area contributed by atoms with E-state index in [1.165, 1.54) is 0 Å². The Labute approximate surface area is 122 Å². The van der Waals surface area contributed by atoms with Gasteiger partial charge in [-0.1, -0.05) is 20.8 Å². The van der Waals surface area contributed by atoms with Crippen LogP contribution in [0.4, 0.5) is 14.5 Å². The molecule has 21 heavy (non-hydrogen) atoms. The number of rotatable bonds is 4. The molecular weight excluding hydrogens is 278 g/mol. The van der Waals surface area contributed by atoms with Crippen LogP contribution in [-0.4, -0.2) is 25.0 Å². The van der Waals surface area contributed by atoms with Gasteiger partial charge in [-0.2, -0.15) is 0 Å². The summed E-state index contributed by atoms with van der Waals surface area (Å²) in [6, 6.07) is 2.99. The Morgan fingerprint density at radius 3 is 2.62 bits per heavy atom. The normalized spacial score (nSPS) is 12.1. The van der Waals surface area contributed by atoms with E-state index < -0.39 is 17.0 Å². The summed E-state index contributed by atoms with van der Waals surface area (Å²) < 4.78 is 26.3. The molecule has 0 fully saturated rings. The smallest absolute Gasteiger partial charge is 0.225 e. The molecule has 0 saturated heterocycles. The second-order valence-corrected chi connectivity index (χ2v) is 5.52. The number of carbonyl (C=O) groups is 1. The minimum absolute atomic E-state index is 0.0514. The Bertz CT molecular complexity index is 538. The van der Waals surface area contributed by atoms with E-state index in [4.69, 9.17) is 5.73 Å². The van der Waals surface area contributed by atoms with E-state index in [-0.39, 0.29) is 24.1 Å². The van der Waals surface area contributed by atoms with Crippen molar-refractivity contribution in [1.82, 2.24) is 5.32 Å². The molecule has 0 atom stereocenters. The van der Waals surface area contributed by atoms with Gasteiger partial charge in [-0.05, 0) is 12.1 Å². The van der Waals surface area contributed by atoms with Crippen molar-refractivity contribution in [2.75, 3.05) is 18.4 Å². The van der Waals surface area contributed by atoms with Gasteiger partial charge in [0, 0.05) is 18.0 Å². The highest BCUT2D eigenvalue weighted by Gasteiger charge is 2.20. The molecule has 0 unspecified atom stereocenters. The molecule has 0 radical (unpaired) electrons. The Morgan fingerprint density at radius 2 is 2.00 bits per heavy atom. The van der Waals surface area contributed by atoms with Crippen molar-refractivity contribution in [2.24, 2.45) is 16.1 Å². The molecule has 0 aliphatic carbocycles. The fourth-order valence-electron chi connectivity index (χ4n) is 1.38. The molecule has 0 aromatic heterocycles. The van der Waals surface area contributed by atoms with Crippen LogP contribution in [0.3, 0.4) is 0 Å². The average Bonchev–Trinajstić information content (AvgIpc) is 2.37. The highest BCUT2D eigenvalue weighted by Crippen LogP contribution is 2.14. The maximum absolute atomic E-state index is 13.4. The van der Waals surface area contributed by atoms with Gasteiger partial charge in [-0.3, -0.25) is 9.79 Å². The van der Waals surface area contributed by atoms with Crippen molar-refractivity contribution in [1.29, 1.82) is 0 Å². The van der Waals surface area contributed by atoms with Crippen LogP contribution in [0.5, 0.6) is 0 Å². The number of guanidine groups is 1. The molecule has 0 aliphatic heterocycles. The monoisotopic (exact) mass is 298 g/mol. The minimum atomic E-state index is -0.629. The van der Waals surface area contributed by atoms with Crippen molar-refractivity contribution < 1.29 is 13.6 Å². The molecule has 0 spiro atoms. The first-order chi connectivity index (χ1) is 9.70. The second kappa shape index (κ2) is 7.01. The molecule has 0 bridgehead atoms. The number of halogens is 2. The maximum atomic E-state index is 13.4. The molecule has 4 N–H and O–H groups in total. The van der Waals surface area contributed by atoms with Crippen LogP contribution in [0.2, 0.25) is 0 Å². The molecule has 1 rings (SSSR count). The number of aliphatic imine (C=N–C) groups is 1. The van der Waals surface area contributed by atoms with E-state index in [1.54, 1.807) is 20.8 Å². The fourth-order valence-corrected chi connectivity index (χ4v) is 1.38. The van der Waals surface area contributed by atoms with Crippen LogP contribution in [-0.2, 0) is 4.79 Å². The number of amides is 1. The molecule has 1 aromatic rings. The number of hydrogen-bond donors (Lipinski definition) is 3. The molecule has 116 valence electrons. The van der Waals surface area contributed by atoms with Gasteiger partial charge in [-0.15, -0.1) is 0 Å². The van der Waals surface area contributed by atoms with E-state index in [0.29, 0.717) is 6.54 Å². The third kappa shape index (κ3) is 5.76. The number of carbonyl (C=O) groups excluding carboxylic acids is 1. The summed E-state index contributed by atoms with van der Waals surface area (Å²) in [6.45, 7) is 5.94. The summed E-state index contributed by atoms with van der Waals surface area (Å²) in [5, 5.41) is 5.17. The SMILES string of the molecule is CC(C)(C)C(=O)NCCN=C(N)Nc1cc(F)ccc1F. The minimum Gasteiger partial charge on any atom is -0.370 e. The first-order valence-corrected chi connectivity index (χ1v) is 6.50. The van der Waals surface area contributed by atoms with Gasteiger partial charge in [0.15, 0.2) is 5.96 Å². The van der Waals surface area contributed by atoms with Crippen LogP contribution < -0.4 is 16.4 Å². The molecule has 5 nitrogen and oxygen atoms in total. The summed E-state index contributed by atoms with van der Waals surface area (Å²) in [7, 11) is 0. The molecule has 1 aromatic carbocycles. The number of nitrogens with two attached hydrogens (primary N) is 1. The van der Waals surface area contributed by atoms with Gasteiger partial charge in [-0.25, -0.2) is 8.78 Å². The zero-order valence-electron chi connectivity index (χ0n) is 12.3. The predicted octanol–water partition coefficient (Wildman–Crippen LogP) is 1.85. The van der Waals surface area contributed by atoms with Gasteiger partial charge in [0.05, 0.1) is 12.2 Å². The van der Waals surface area contributed by atoms with Crippen molar-refractivity contribution in [3.05, 3.63) is 29.8 Å². The van der Waals surface area contributed by atoms with Crippen LogP contribution in [0.25, 0.3) is 0 Å². The lowest BCUT2D eigenvalue weighted by molar-refractivity contribution is -0.128. The first-order valence-electron chi connectivity index (χ1n) is 6.50. The van der Waals surface area contributed by atoms with Crippen molar-refractivity contribution in [3.8, 4) is 0 Å². The van der Waals surface area contributed by atoms with Gasteiger partial charge < -0.3 is 16.4 Å². The lowest BCUT2D eigenvalue weighted by Gasteiger charge is -2.17. The number of benzene rings is 1. The zero-order valence-corrected chi connectivity index (χ0v) is 12.3.